The van der Waals surface area contributed by atoms with Crippen molar-refractivity contribution in [1.82, 2.24) is 4.98 Å². The number of carboxylic acid groups (broad SMARTS) is 1. The largest absolute Gasteiger partial charge is 0.545 e. The minimum atomic E-state index is -1.40. The highest BCUT2D eigenvalue weighted by Gasteiger charge is 2.19. The maximum absolute atomic E-state index is 13.2. The zero-order chi connectivity index (χ0) is 19.7. The van der Waals surface area contributed by atoms with Crippen LogP contribution in [0.2, 0.25) is 5.02 Å². The first-order valence-corrected chi connectivity index (χ1v) is 8.74. The van der Waals surface area contributed by atoms with E-state index in [1.807, 2.05) is 0 Å². The molecular weight excluding hydrogens is 381 g/mol. The number of ether oxygens (including phenoxy) is 1. The van der Waals surface area contributed by atoms with Gasteiger partial charge in [0, 0.05) is 16.0 Å². The summed E-state index contributed by atoms with van der Waals surface area (Å²) in [5, 5.41) is 12.9. The smallest absolute Gasteiger partial charge is 0.163 e. The molecule has 0 N–H and O–H groups in total. The summed E-state index contributed by atoms with van der Waals surface area (Å²) in [6, 6.07) is 18.9. The number of aromatic carboxylic acids is 1. The summed E-state index contributed by atoms with van der Waals surface area (Å²) in [6.45, 7) is 0. The average Bonchev–Trinajstić information content (AvgIpc) is 2.69. The van der Waals surface area contributed by atoms with E-state index in [2.05, 4.69) is 4.98 Å². The summed E-state index contributed by atoms with van der Waals surface area (Å²) < 4.78 is 19.1. The molecular formula is C22H12ClFNO3-. The summed E-state index contributed by atoms with van der Waals surface area (Å²) in [7, 11) is 0. The maximum atomic E-state index is 13.2. The number of pyridine rings is 1. The number of carboxylic acids is 1. The Morgan fingerprint density at radius 1 is 0.964 bits per heavy atom. The molecule has 0 aliphatic rings. The van der Waals surface area contributed by atoms with Gasteiger partial charge in [-0.2, -0.15) is 0 Å². The molecule has 28 heavy (non-hydrogen) atoms. The number of carbonyl (C=O) groups excluding carboxylic acids is 1. The van der Waals surface area contributed by atoms with Gasteiger partial charge in [0.2, 0.25) is 0 Å². The van der Waals surface area contributed by atoms with Crippen molar-refractivity contribution < 1.29 is 19.0 Å². The van der Waals surface area contributed by atoms with Crippen LogP contribution in [0.25, 0.3) is 22.2 Å². The van der Waals surface area contributed by atoms with E-state index in [0.717, 1.165) is 0 Å². The van der Waals surface area contributed by atoms with E-state index in [9.17, 15) is 14.3 Å². The predicted octanol–water partition coefficient (Wildman–Crippen LogP) is 4.85. The summed E-state index contributed by atoms with van der Waals surface area (Å²) in [6.07, 6.45) is 0. The molecule has 0 aliphatic carbocycles. The fraction of sp³-hybridized carbons (Fsp3) is 0. The lowest BCUT2D eigenvalue weighted by Gasteiger charge is -2.18. The number of hydrogen-bond donors (Lipinski definition) is 0. The van der Waals surface area contributed by atoms with E-state index in [1.165, 1.54) is 24.3 Å². The minimum absolute atomic E-state index is 0.0210. The molecule has 0 saturated carbocycles. The van der Waals surface area contributed by atoms with Crippen molar-refractivity contribution in [2.24, 2.45) is 0 Å². The lowest BCUT2D eigenvalue weighted by molar-refractivity contribution is -0.254. The van der Waals surface area contributed by atoms with E-state index in [1.54, 1.807) is 48.5 Å². The van der Waals surface area contributed by atoms with Gasteiger partial charge in [0.15, 0.2) is 5.75 Å². The zero-order valence-electron chi connectivity index (χ0n) is 14.4. The number of halogens is 2. The van der Waals surface area contributed by atoms with Crippen LogP contribution in [0.1, 0.15) is 10.4 Å². The Morgan fingerprint density at radius 2 is 1.64 bits per heavy atom. The van der Waals surface area contributed by atoms with Gasteiger partial charge in [0.25, 0.3) is 0 Å². The van der Waals surface area contributed by atoms with Crippen molar-refractivity contribution >= 4 is 28.5 Å². The first-order chi connectivity index (χ1) is 13.5. The standard InChI is InChI=1S/C22H13ClFNO3/c23-14-7-5-13(6-8-14)20-21(28-16-11-9-15(24)10-12-16)19(22(26)27)17-3-1-2-4-18(17)25-20/h1-12H,(H,26,27)/p-1. The molecule has 0 spiro atoms. The number of rotatable bonds is 4. The fourth-order valence-electron chi connectivity index (χ4n) is 2.92. The average molecular weight is 393 g/mol. The Morgan fingerprint density at radius 3 is 2.32 bits per heavy atom. The monoisotopic (exact) mass is 392 g/mol. The van der Waals surface area contributed by atoms with Crippen molar-refractivity contribution in [1.29, 1.82) is 0 Å². The van der Waals surface area contributed by atoms with Gasteiger partial charge in [0.05, 0.1) is 17.0 Å². The molecule has 0 saturated heterocycles. The molecule has 4 aromatic rings. The first-order valence-electron chi connectivity index (χ1n) is 8.36. The lowest BCUT2D eigenvalue weighted by atomic mass is 10.0. The number of aromatic nitrogens is 1. The number of fused-ring (bicyclic) bond motifs is 1. The molecule has 0 amide bonds. The minimum Gasteiger partial charge on any atom is -0.545 e. The Kier molecular flexibility index (Phi) is 4.67. The molecule has 3 aromatic carbocycles. The van der Waals surface area contributed by atoms with Gasteiger partial charge in [-0.3, -0.25) is 0 Å². The Balaban J connectivity index is 2.01. The van der Waals surface area contributed by atoms with Crippen molar-refractivity contribution in [2.45, 2.75) is 0 Å². The molecule has 4 nitrogen and oxygen atoms in total. The number of para-hydroxylation sites is 1. The predicted molar refractivity (Wildman–Crippen MR) is 103 cm³/mol. The van der Waals surface area contributed by atoms with Crippen LogP contribution in [-0.4, -0.2) is 11.0 Å². The van der Waals surface area contributed by atoms with Gasteiger partial charge in [0.1, 0.15) is 17.3 Å². The summed E-state index contributed by atoms with van der Waals surface area (Å²) in [5.41, 5.74) is 1.30. The van der Waals surface area contributed by atoms with Crippen LogP contribution in [-0.2, 0) is 0 Å². The topological polar surface area (TPSA) is 62.2 Å². The number of hydrogen-bond acceptors (Lipinski definition) is 4. The number of benzene rings is 3. The fourth-order valence-corrected chi connectivity index (χ4v) is 3.05. The van der Waals surface area contributed by atoms with E-state index in [4.69, 9.17) is 16.3 Å². The van der Waals surface area contributed by atoms with E-state index < -0.39 is 11.8 Å². The number of nitrogens with zero attached hydrogens (tertiary/aromatic N) is 1. The third-order valence-electron chi connectivity index (χ3n) is 4.20. The Labute approximate surface area is 164 Å². The van der Waals surface area contributed by atoms with Crippen LogP contribution >= 0.6 is 11.6 Å². The molecule has 0 fully saturated rings. The Hall–Kier alpha value is -3.44. The van der Waals surface area contributed by atoms with Crippen molar-refractivity contribution in [3.8, 4) is 22.8 Å². The summed E-state index contributed by atoms with van der Waals surface area (Å²) in [4.78, 5) is 16.6. The van der Waals surface area contributed by atoms with E-state index >= 15 is 0 Å². The first kappa shape index (κ1) is 17.9. The summed E-state index contributed by atoms with van der Waals surface area (Å²) >= 11 is 5.97. The normalized spacial score (nSPS) is 10.8. The van der Waals surface area contributed by atoms with Crippen LogP contribution in [0.15, 0.2) is 72.8 Å². The zero-order valence-corrected chi connectivity index (χ0v) is 15.1. The van der Waals surface area contributed by atoms with Crippen LogP contribution in [0, 0.1) is 5.82 Å². The highest BCUT2D eigenvalue weighted by molar-refractivity contribution is 6.30. The van der Waals surface area contributed by atoms with Gasteiger partial charge >= 0.3 is 0 Å². The molecule has 0 unspecified atom stereocenters. The second-order valence-electron chi connectivity index (χ2n) is 6.03. The highest BCUT2D eigenvalue weighted by Crippen LogP contribution is 2.39. The van der Waals surface area contributed by atoms with Crippen molar-refractivity contribution in [3.05, 3.63) is 89.2 Å². The molecule has 6 heteroatoms. The summed E-state index contributed by atoms with van der Waals surface area (Å²) in [5.74, 6) is -1.53. The second kappa shape index (κ2) is 7.29. The molecule has 0 bridgehead atoms. The quantitative estimate of drug-likeness (QED) is 0.498. The van der Waals surface area contributed by atoms with Gasteiger partial charge in [-0.05, 0) is 42.5 Å². The van der Waals surface area contributed by atoms with Crippen LogP contribution in [0.5, 0.6) is 11.5 Å². The lowest BCUT2D eigenvalue weighted by Crippen LogP contribution is -2.23. The van der Waals surface area contributed by atoms with E-state index in [0.29, 0.717) is 27.2 Å². The SMILES string of the molecule is O=C([O-])c1c(Oc2ccc(F)cc2)c(-c2ccc(Cl)cc2)nc2ccccc12. The molecule has 0 aliphatic heterocycles. The molecule has 138 valence electrons. The number of carbonyl (C=O) groups is 1. The van der Waals surface area contributed by atoms with Gasteiger partial charge in [-0.1, -0.05) is 41.9 Å². The third kappa shape index (κ3) is 3.40. The maximum Gasteiger partial charge on any atom is 0.163 e. The Bertz CT molecular complexity index is 1170. The van der Waals surface area contributed by atoms with Crippen LogP contribution < -0.4 is 9.84 Å². The molecule has 0 atom stereocenters. The van der Waals surface area contributed by atoms with E-state index in [-0.39, 0.29) is 17.1 Å². The van der Waals surface area contributed by atoms with Gasteiger partial charge in [-0.15, -0.1) is 0 Å². The van der Waals surface area contributed by atoms with Crippen LogP contribution in [0.3, 0.4) is 0 Å². The third-order valence-corrected chi connectivity index (χ3v) is 4.46. The molecule has 1 heterocycles. The molecule has 1 aromatic heterocycles. The van der Waals surface area contributed by atoms with Crippen molar-refractivity contribution in [2.75, 3.05) is 0 Å². The molecule has 4 rings (SSSR count). The van der Waals surface area contributed by atoms with Crippen molar-refractivity contribution in [3.63, 3.8) is 0 Å². The van der Waals surface area contributed by atoms with Crippen LogP contribution in [0.4, 0.5) is 4.39 Å². The highest BCUT2D eigenvalue weighted by atomic mass is 35.5. The van der Waals surface area contributed by atoms with Gasteiger partial charge in [-0.25, -0.2) is 9.37 Å². The van der Waals surface area contributed by atoms with Gasteiger partial charge < -0.3 is 14.6 Å². The molecule has 0 radical (unpaired) electrons. The second-order valence-corrected chi connectivity index (χ2v) is 6.47.